The van der Waals surface area contributed by atoms with Gasteiger partial charge in [-0.15, -0.1) is 6.42 Å². The molecule has 0 unspecified atom stereocenters. The Labute approximate surface area is 203 Å². The number of carbonyl (C=O) groups is 1. The van der Waals surface area contributed by atoms with Gasteiger partial charge in [-0.2, -0.15) is 5.10 Å². The first-order chi connectivity index (χ1) is 17.3. The van der Waals surface area contributed by atoms with Crippen LogP contribution in [0, 0.1) is 30.9 Å². The highest BCUT2D eigenvalue weighted by molar-refractivity contribution is 6.01. The van der Waals surface area contributed by atoms with Crippen LogP contribution in [0.1, 0.15) is 40.4 Å². The van der Waals surface area contributed by atoms with Crippen molar-refractivity contribution in [1.82, 2.24) is 29.5 Å². The SMILES string of the molecule is C#Cc1cccc2nc([C@@H](C)NC(=O)c3c(C)nn4cccnc34)n(-c3ccc(F)c(F)c3)c(=O)c12. The summed E-state index contributed by atoms with van der Waals surface area (Å²) >= 11 is 0. The number of nitrogens with one attached hydrogen (secondary N) is 1. The molecule has 0 aliphatic carbocycles. The number of benzene rings is 2. The predicted molar refractivity (Wildman–Crippen MR) is 129 cm³/mol. The second kappa shape index (κ2) is 8.70. The standard InChI is InChI=1S/C26H18F2N6O2/c1-4-16-7-5-8-20-22(16)26(36)34(17-9-10-18(27)19(28)13-17)23(31-20)15(3)30-25(35)21-14(2)32-33-12-6-11-29-24(21)33/h1,5-13,15H,2-3H3,(H,30,35)/t15-/m1/s1. The number of fused-ring (bicyclic) bond motifs is 2. The second-order valence-electron chi connectivity index (χ2n) is 8.10. The molecule has 10 heteroatoms. The number of carbonyl (C=O) groups excluding carboxylic acids is 1. The van der Waals surface area contributed by atoms with Gasteiger partial charge in [-0.1, -0.05) is 12.0 Å². The summed E-state index contributed by atoms with van der Waals surface area (Å²) in [5.41, 5.74) is 1.15. The minimum absolute atomic E-state index is 0.0325. The number of terminal acetylenes is 1. The smallest absolute Gasteiger partial charge is 0.267 e. The quantitative estimate of drug-likeness (QED) is 0.394. The highest BCUT2D eigenvalue weighted by Gasteiger charge is 2.24. The van der Waals surface area contributed by atoms with Gasteiger partial charge in [0.05, 0.1) is 28.3 Å². The van der Waals surface area contributed by atoms with E-state index in [0.717, 1.165) is 16.7 Å². The average molecular weight is 484 g/mol. The lowest BCUT2D eigenvalue weighted by atomic mass is 10.1. The lowest BCUT2D eigenvalue weighted by Gasteiger charge is -2.20. The van der Waals surface area contributed by atoms with E-state index in [9.17, 15) is 18.4 Å². The highest BCUT2D eigenvalue weighted by atomic mass is 19.2. The van der Waals surface area contributed by atoms with E-state index >= 15 is 0 Å². The molecule has 1 N–H and O–H groups in total. The van der Waals surface area contributed by atoms with Gasteiger partial charge in [0, 0.05) is 24.0 Å². The van der Waals surface area contributed by atoms with E-state index in [1.54, 1.807) is 50.5 Å². The third-order valence-corrected chi connectivity index (χ3v) is 5.77. The lowest BCUT2D eigenvalue weighted by Crippen LogP contribution is -2.33. The van der Waals surface area contributed by atoms with E-state index in [2.05, 4.69) is 26.3 Å². The lowest BCUT2D eigenvalue weighted by molar-refractivity contribution is 0.0938. The van der Waals surface area contributed by atoms with Crippen LogP contribution in [0.3, 0.4) is 0 Å². The van der Waals surface area contributed by atoms with Crippen molar-refractivity contribution in [1.29, 1.82) is 0 Å². The Morgan fingerprint density at radius 3 is 2.72 bits per heavy atom. The molecule has 36 heavy (non-hydrogen) atoms. The summed E-state index contributed by atoms with van der Waals surface area (Å²) in [5, 5.41) is 7.27. The molecule has 5 aromatic rings. The summed E-state index contributed by atoms with van der Waals surface area (Å²) in [5.74, 6) is -0.134. The molecular weight excluding hydrogens is 466 g/mol. The topological polar surface area (TPSA) is 94.2 Å². The number of rotatable bonds is 4. The van der Waals surface area contributed by atoms with Crippen molar-refractivity contribution in [2.24, 2.45) is 0 Å². The zero-order valence-electron chi connectivity index (χ0n) is 19.2. The van der Waals surface area contributed by atoms with E-state index in [-0.39, 0.29) is 22.5 Å². The van der Waals surface area contributed by atoms with E-state index in [1.807, 2.05) is 0 Å². The van der Waals surface area contributed by atoms with Crippen LogP contribution < -0.4 is 10.9 Å². The van der Waals surface area contributed by atoms with Crippen molar-refractivity contribution in [2.75, 3.05) is 0 Å². The van der Waals surface area contributed by atoms with Crippen LogP contribution in [-0.2, 0) is 0 Å². The maximum Gasteiger partial charge on any atom is 0.267 e. The molecule has 1 atom stereocenters. The molecule has 178 valence electrons. The monoisotopic (exact) mass is 484 g/mol. The van der Waals surface area contributed by atoms with Crippen molar-refractivity contribution in [3.05, 3.63) is 99.5 Å². The van der Waals surface area contributed by atoms with E-state index in [0.29, 0.717) is 22.4 Å². The average Bonchev–Trinajstić information content (AvgIpc) is 3.21. The largest absolute Gasteiger partial charge is 0.342 e. The molecule has 0 aliphatic heterocycles. The molecule has 3 aromatic heterocycles. The normalized spacial score (nSPS) is 12.0. The van der Waals surface area contributed by atoms with Crippen LogP contribution in [-0.4, -0.2) is 30.1 Å². The van der Waals surface area contributed by atoms with Gasteiger partial charge in [0.25, 0.3) is 11.5 Å². The van der Waals surface area contributed by atoms with Crippen molar-refractivity contribution in [3.8, 4) is 18.0 Å². The van der Waals surface area contributed by atoms with Crippen molar-refractivity contribution in [2.45, 2.75) is 19.9 Å². The first-order valence-corrected chi connectivity index (χ1v) is 10.9. The second-order valence-corrected chi connectivity index (χ2v) is 8.10. The maximum atomic E-state index is 14.1. The fraction of sp³-hybridized carbons (Fsp3) is 0.115. The van der Waals surface area contributed by atoms with Gasteiger partial charge in [0.15, 0.2) is 17.3 Å². The number of amides is 1. The number of halogens is 2. The third-order valence-electron chi connectivity index (χ3n) is 5.77. The minimum Gasteiger partial charge on any atom is -0.342 e. The minimum atomic E-state index is -1.14. The van der Waals surface area contributed by atoms with Crippen LogP contribution >= 0.6 is 0 Å². The molecule has 8 nitrogen and oxygen atoms in total. The van der Waals surface area contributed by atoms with Crippen LogP contribution in [0.15, 0.2) is 59.7 Å². The molecule has 0 bridgehead atoms. The Morgan fingerprint density at radius 1 is 1.17 bits per heavy atom. The predicted octanol–water partition coefficient (Wildman–Crippen LogP) is 3.49. The van der Waals surface area contributed by atoms with Crippen molar-refractivity contribution in [3.63, 3.8) is 0 Å². The third kappa shape index (κ3) is 3.67. The molecule has 3 heterocycles. The van der Waals surface area contributed by atoms with Gasteiger partial charge in [-0.05, 0) is 44.2 Å². The fourth-order valence-electron chi connectivity index (χ4n) is 4.13. The zero-order chi connectivity index (χ0) is 25.6. The Hall–Kier alpha value is -4.91. The summed E-state index contributed by atoms with van der Waals surface area (Å²) < 4.78 is 30.4. The maximum absolute atomic E-state index is 14.1. The van der Waals surface area contributed by atoms with Gasteiger partial charge in [-0.3, -0.25) is 14.2 Å². The summed E-state index contributed by atoms with van der Waals surface area (Å²) in [6, 6.07) is 8.77. The number of aryl methyl sites for hydroxylation is 1. The van der Waals surface area contributed by atoms with E-state index < -0.39 is 29.1 Å². The molecular formula is C26H18F2N6O2. The van der Waals surface area contributed by atoms with Crippen LogP contribution in [0.4, 0.5) is 8.78 Å². The van der Waals surface area contributed by atoms with Crippen LogP contribution in [0.2, 0.25) is 0 Å². The summed E-state index contributed by atoms with van der Waals surface area (Å²) in [6.07, 6.45) is 8.81. The zero-order valence-corrected chi connectivity index (χ0v) is 19.2. The number of hydrogen-bond donors (Lipinski definition) is 1. The Morgan fingerprint density at radius 2 is 1.97 bits per heavy atom. The molecule has 0 saturated heterocycles. The van der Waals surface area contributed by atoms with Gasteiger partial charge >= 0.3 is 0 Å². The molecule has 0 aliphatic rings. The Bertz CT molecular complexity index is 1780. The van der Waals surface area contributed by atoms with Crippen molar-refractivity contribution >= 4 is 22.5 Å². The molecule has 0 saturated carbocycles. The molecule has 1 amide bonds. The summed E-state index contributed by atoms with van der Waals surface area (Å²) in [6.45, 7) is 3.31. The Kier molecular flexibility index (Phi) is 5.53. The molecule has 5 rings (SSSR count). The number of aromatic nitrogens is 5. The first-order valence-electron chi connectivity index (χ1n) is 10.9. The molecule has 2 aromatic carbocycles. The Balaban J connectivity index is 1.68. The molecule has 0 spiro atoms. The van der Waals surface area contributed by atoms with Crippen LogP contribution in [0.5, 0.6) is 0 Å². The van der Waals surface area contributed by atoms with Gasteiger partial charge in [-0.25, -0.2) is 23.3 Å². The fourth-order valence-corrected chi connectivity index (χ4v) is 4.13. The van der Waals surface area contributed by atoms with E-state index in [1.165, 1.54) is 10.6 Å². The summed E-state index contributed by atoms with van der Waals surface area (Å²) in [7, 11) is 0. The first kappa shape index (κ1) is 22.9. The van der Waals surface area contributed by atoms with Gasteiger partial charge < -0.3 is 5.32 Å². The van der Waals surface area contributed by atoms with E-state index in [4.69, 9.17) is 6.42 Å². The van der Waals surface area contributed by atoms with Crippen LogP contribution in [0.25, 0.3) is 22.2 Å². The molecule has 0 radical (unpaired) electrons. The van der Waals surface area contributed by atoms with Gasteiger partial charge in [0.1, 0.15) is 11.4 Å². The number of hydrogen-bond acceptors (Lipinski definition) is 5. The molecule has 0 fully saturated rings. The highest BCUT2D eigenvalue weighted by Crippen LogP contribution is 2.22. The number of nitrogens with zero attached hydrogens (tertiary/aromatic N) is 5. The van der Waals surface area contributed by atoms with Crippen molar-refractivity contribution < 1.29 is 13.6 Å². The van der Waals surface area contributed by atoms with Gasteiger partial charge in [0.2, 0.25) is 0 Å². The summed E-state index contributed by atoms with van der Waals surface area (Å²) in [4.78, 5) is 35.7.